The summed E-state index contributed by atoms with van der Waals surface area (Å²) in [6.07, 6.45) is 2.23. The third kappa shape index (κ3) is 2.04. The van der Waals surface area contributed by atoms with Crippen molar-refractivity contribution in [3.63, 3.8) is 0 Å². The van der Waals surface area contributed by atoms with E-state index < -0.39 is 17.2 Å². The molecule has 16 heavy (non-hydrogen) atoms. The molecule has 1 saturated heterocycles. The van der Waals surface area contributed by atoms with E-state index >= 15 is 0 Å². The van der Waals surface area contributed by atoms with Gasteiger partial charge in [0.1, 0.15) is 0 Å². The fourth-order valence-electron chi connectivity index (χ4n) is 2.51. The smallest absolute Gasteiger partial charge is 0.304 e. The standard InChI is InChI=1S/C11H15NO4/c12-8-10(7-9(13)14)1-3-11(4-2-10)15-5-6-16-11/h1-7H2,(H,13,14). The van der Waals surface area contributed by atoms with Crippen LogP contribution in [0.2, 0.25) is 0 Å². The van der Waals surface area contributed by atoms with E-state index in [2.05, 4.69) is 6.07 Å². The van der Waals surface area contributed by atoms with Gasteiger partial charge >= 0.3 is 5.97 Å². The van der Waals surface area contributed by atoms with Crippen LogP contribution >= 0.6 is 0 Å². The molecule has 1 heterocycles. The van der Waals surface area contributed by atoms with Gasteiger partial charge in [0.15, 0.2) is 5.79 Å². The maximum Gasteiger partial charge on any atom is 0.304 e. The third-order valence-electron chi connectivity index (χ3n) is 3.51. The molecule has 2 rings (SSSR count). The minimum atomic E-state index is -0.911. The Bertz CT molecular complexity index is 317. The lowest BCUT2D eigenvalue weighted by atomic mass is 9.71. The number of nitriles is 1. The van der Waals surface area contributed by atoms with Crippen molar-refractivity contribution in [1.29, 1.82) is 5.26 Å². The lowest BCUT2D eigenvalue weighted by Crippen LogP contribution is -2.40. The predicted octanol–water partition coefficient (Wildman–Crippen LogP) is 1.29. The topological polar surface area (TPSA) is 79.6 Å². The zero-order valence-corrected chi connectivity index (χ0v) is 9.07. The van der Waals surface area contributed by atoms with Crippen LogP contribution in [0.4, 0.5) is 0 Å². The van der Waals surface area contributed by atoms with Gasteiger partial charge in [-0.2, -0.15) is 5.26 Å². The third-order valence-corrected chi connectivity index (χ3v) is 3.51. The molecule has 1 N–H and O–H groups in total. The number of rotatable bonds is 2. The van der Waals surface area contributed by atoms with Crippen LogP contribution in [0.25, 0.3) is 0 Å². The average Bonchev–Trinajstić information content (AvgIpc) is 2.71. The van der Waals surface area contributed by atoms with E-state index in [0.29, 0.717) is 38.9 Å². The summed E-state index contributed by atoms with van der Waals surface area (Å²) in [6.45, 7) is 1.19. The van der Waals surface area contributed by atoms with Crippen LogP contribution in [-0.2, 0) is 14.3 Å². The molecule has 0 aromatic rings. The minimum absolute atomic E-state index is 0.0837. The summed E-state index contributed by atoms with van der Waals surface area (Å²) in [5.74, 6) is -1.44. The minimum Gasteiger partial charge on any atom is -0.481 e. The Morgan fingerprint density at radius 3 is 2.25 bits per heavy atom. The van der Waals surface area contributed by atoms with Crippen molar-refractivity contribution in [3.05, 3.63) is 0 Å². The maximum atomic E-state index is 10.7. The van der Waals surface area contributed by atoms with Crippen molar-refractivity contribution in [2.75, 3.05) is 13.2 Å². The molecule has 0 aromatic carbocycles. The summed E-state index contributed by atoms with van der Waals surface area (Å²) >= 11 is 0. The second kappa shape index (κ2) is 4.04. The van der Waals surface area contributed by atoms with Gasteiger partial charge in [0.2, 0.25) is 0 Å². The molecule has 1 spiro atoms. The van der Waals surface area contributed by atoms with Crippen LogP contribution in [0.3, 0.4) is 0 Å². The van der Waals surface area contributed by atoms with Crippen LogP contribution in [-0.4, -0.2) is 30.1 Å². The average molecular weight is 225 g/mol. The fraction of sp³-hybridized carbons (Fsp3) is 0.818. The second-order valence-electron chi connectivity index (χ2n) is 4.57. The Labute approximate surface area is 94.0 Å². The van der Waals surface area contributed by atoms with Crippen LogP contribution in [0, 0.1) is 16.7 Å². The fourth-order valence-corrected chi connectivity index (χ4v) is 2.51. The van der Waals surface area contributed by atoms with E-state index in [1.165, 1.54) is 0 Å². The molecule has 0 amide bonds. The number of ether oxygens (including phenoxy) is 2. The molecule has 5 heteroatoms. The van der Waals surface area contributed by atoms with Gasteiger partial charge in [0, 0.05) is 12.8 Å². The summed E-state index contributed by atoms with van der Waals surface area (Å²) < 4.78 is 11.1. The molecule has 2 aliphatic rings. The van der Waals surface area contributed by atoms with E-state index in [1.807, 2.05) is 0 Å². The van der Waals surface area contributed by atoms with Crippen LogP contribution in [0.5, 0.6) is 0 Å². The van der Waals surface area contributed by atoms with Crippen molar-refractivity contribution < 1.29 is 19.4 Å². The number of nitrogens with zero attached hydrogens (tertiary/aromatic N) is 1. The molecule has 5 nitrogen and oxygen atoms in total. The molecule has 88 valence electrons. The molecule has 0 atom stereocenters. The highest BCUT2D eigenvalue weighted by Crippen LogP contribution is 2.46. The van der Waals surface area contributed by atoms with Crippen LogP contribution in [0.15, 0.2) is 0 Å². The van der Waals surface area contributed by atoms with Crippen molar-refractivity contribution in [3.8, 4) is 6.07 Å². The van der Waals surface area contributed by atoms with Gasteiger partial charge < -0.3 is 14.6 Å². The molecular formula is C11H15NO4. The highest BCUT2D eigenvalue weighted by atomic mass is 16.7. The largest absolute Gasteiger partial charge is 0.481 e. The van der Waals surface area contributed by atoms with Crippen molar-refractivity contribution in [1.82, 2.24) is 0 Å². The first-order valence-corrected chi connectivity index (χ1v) is 5.51. The first-order chi connectivity index (χ1) is 7.60. The summed E-state index contributed by atoms with van der Waals surface area (Å²) in [5.41, 5.74) is -0.730. The van der Waals surface area contributed by atoms with Crippen molar-refractivity contribution in [2.45, 2.75) is 37.9 Å². The number of hydrogen-bond donors (Lipinski definition) is 1. The molecule has 0 aromatic heterocycles. The lowest BCUT2D eigenvalue weighted by molar-refractivity contribution is -0.189. The zero-order valence-electron chi connectivity index (χ0n) is 9.07. The van der Waals surface area contributed by atoms with Gasteiger partial charge in [-0.05, 0) is 12.8 Å². The monoisotopic (exact) mass is 225 g/mol. The van der Waals surface area contributed by atoms with Crippen LogP contribution < -0.4 is 0 Å². The van der Waals surface area contributed by atoms with Crippen molar-refractivity contribution in [2.24, 2.45) is 5.41 Å². The SMILES string of the molecule is N#CC1(CC(=O)O)CCC2(CC1)OCCO2. The van der Waals surface area contributed by atoms with Gasteiger partial charge in [-0.1, -0.05) is 0 Å². The number of hydrogen-bond acceptors (Lipinski definition) is 4. The van der Waals surface area contributed by atoms with E-state index in [9.17, 15) is 4.79 Å². The molecule has 0 bridgehead atoms. The van der Waals surface area contributed by atoms with Gasteiger partial charge in [-0.15, -0.1) is 0 Å². The number of aliphatic carboxylic acids is 1. The van der Waals surface area contributed by atoms with Gasteiger partial charge in [0.25, 0.3) is 0 Å². The highest BCUT2D eigenvalue weighted by Gasteiger charge is 2.47. The molecule has 0 radical (unpaired) electrons. The predicted molar refractivity (Wildman–Crippen MR) is 53.4 cm³/mol. The second-order valence-corrected chi connectivity index (χ2v) is 4.57. The molecule has 1 aliphatic heterocycles. The first-order valence-electron chi connectivity index (χ1n) is 5.51. The molecular weight excluding hydrogens is 210 g/mol. The summed E-state index contributed by atoms with van der Waals surface area (Å²) in [7, 11) is 0. The normalized spacial score (nSPS) is 26.4. The highest BCUT2D eigenvalue weighted by molar-refractivity contribution is 5.68. The first kappa shape index (κ1) is 11.4. The van der Waals surface area contributed by atoms with Gasteiger partial charge in [-0.3, -0.25) is 4.79 Å². The Morgan fingerprint density at radius 1 is 1.25 bits per heavy atom. The lowest BCUT2D eigenvalue weighted by Gasteiger charge is -2.39. The Balaban J connectivity index is 2.01. The van der Waals surface area contributed by atoms with Gasteiger partial charge in [-0.25, -0.2) is 0 Å². The number of carbonyl (C=O) groups is 1. The molecule has 2 fully saturated rings. The van der Waals surface area contributed by atoms with Gasteiger partial charge in [0.05, 0.1) is 31.1 Å². The Kier molecular flexibility index (Phi) is 2.87. The maximum absolute atomic E-state index is 10.7. The molecule has 0 unspecified atom stereocenters. The summed E-state index contributed by atoms with van der Waals surface area (Å²) in [6, 6.07) is 2.16. The summed E-state index contributed by atoms with van der Waals surface area (Å²) in [5, 5.41) is 17.9. The quantitative estimate of drug-likeness (QED) is 0.765. The van der Waals surface area contributed by atoms with Crippen LogP contribution in [0.1, 0.15) is 32.1 Å². The Hall–Kier alpha value is -1.12. The Morgan fingerprint density at radius 2 is 1.81 bits per heavy atom. The molecule has 1 saturated carbocycles. The zero-order chi connectivity index (χ0) is 11.6. The van der Waals surface area contributed by atoms with E-state index in [0.717, 1.165) is 0 Å². The van der Waals surface area contributed by atoms with E-state index in [-0.39, 0.29) is 6.42 Å². The summed E-state index contributed by atoms with van der Waals surface area (Å²) in [4.78, 5) is 10.7. The number of carboxylic acids is 1. The number of carboxylic acid groups (broad SMARTS) is 1. The van der Waals surface area contributed by atoms with E-state index in [4.69, 9.17) is 19.8 Å². The molecule has 1 aliphatic carbocycles. The van der Waals surface area contributed by atoms with Crippen molar-refractivity contribution >= 4 is 5.97 Å². The van der Waals surface area contributed by atoms with E-state index in [1.54, 1.807) is 0 Å².